The normalized spacial score (nSPS) is 12.0. The molecule has 2 aromatic heterocycles. The second-order valence-electron chi connectivity index (χ2n) is 6.04. The van der Waals surface area contributed by atoms with Gasteiger partial charge in [0, 0.05) is 17.5 Å². The van der Waals surface area contributed by atoms with Crippen molar-refractivity contribution in [2.75, 3.05) is 5.43 Å². The lowest BCUT2D eigenvalue weighted by molar-refractivity contribution is 0.416. The lowest BCUT2D eigenvalue weighted by Crippen LogP contribution is -2.14. The van der Waals surface area contributed by atoms with Crippen LogP contribution in [0.1, 0.15) is 11.8 Å². The summed E-state index contributed by atoms with van der Waals surface area (Å²) in [6.07, 6.45) is 1.66. The van der Waals surface area contributed by atoms with Crippen LogP contribution in [0.15, 0.2) is 76.1 Å². The Bertz CT molecular complexity index is 1180. The minimum absolute atomic E-state index is 0.154. The van der Waals surface area contributed by atoms with E-state index in [9.17, 15) is 5.11 Å². The maximum atomic E-state index is 10.5. The molecule has 0 saturated heterocycles. The van der Waals surface area contributed by atoms with Crippen molar-refractivity contribution in [3.8, 4) is 17.1 Å². The molecule has 4 aromatic rings. The number of para-hydroxylation sites is 1. The average Bonchev–Trinajstić information content (AvgIpc) is 3.36. The van der Waals surface area contributed by atoms with Gasteiger partial charge in [0.1, 0.15) is 4.88 Å². The molecule has 0 aliphatic heterocycles. The van der Waals surface area contributed by atoms with E-state index in [-0.39, 0.29) is 5.88 Å². The number of aromatic hydroxyl groups is 1. The van der Waals surface area contributed by atoms with Crippen LogP contribution in [0.25, 0.3) is 11.3 Å². The third-order valence-electron chi connectivity index (χ3n) is 4.13. The zero-order valence-corrected chi connectivity index (χ0v) is 17.3. The molecule has 2 heterocycles. The molecule has 2 N–H and O–H groups in total. The van der Waals surface area contributed by atoms with E-state index in [0.29, 0.717) is 21.4 Å². The lowest BCUT2D eigenvalue weighted by Gasteiger charge is -1.99. The first kappa shape index (κ1) is 19.1. The molecule has 8 heteroatoms. The first-order chi connectivity index (χ1) is 14.2. The summed E-state index contributed by atoms with van der Waals surface area (Å²) in [5.41, 5.74) is 5.80. The maximum absolute atomic E-state index is 10.5. The van der Waals surface area contributed by atoms with E-state index in [2.05, 4.69) is 20.5 Å². The van der Waals surface area contributed by atoms with Crippen LogP contribution in [0.5, 0.6) is 5.88 Å². The summed E-state index contributed by atoms with van der Waals surface area (Å²) >= 11 is 2.85. The summed E-state index contributed by atoms with van der Waals surface area (Å²) in [5, 5.41) is 17.7. The Hall–Kier alpha value is -3.23. The molecule has 2 aromatic carbocycles. The van der Waals surface area contributed by atoms with Gasteiger partial charge in [0.2, 0.25) is 15.8 Å². The lowest BCUT2D eigenvalue weighted by atomic mass is 10.2. The van der Waals surface area contributed by atoms with Crippen molar-refractivity contribution in [2.45, 2.75) is 13.5 Å². The van der Waals surface area contributed by atoms with Crippen LogP contribution in [-0.4, -0.2) is 20.9 Å². The van der Waals surface area contributed by atoms with E-state index in [1.165, 1.54) is 22.7 Å². The van der Waals surface area contributed by atoms with E-state index in [1.54, 1.807) is 10.8 Å². The van der Waals surface area contributed by atoms with Crippen LogP contribution in [0, 0.1) is 0 Å². The van der Waals surface area contributed by atoms with Crippen molar-refractivity contribution in [1.29, 1.82) is 0 Å². The number of rotatable bonds is 6. The maximum Gasteiger partial charge on any atom is 0.212 e. The van der Waals surface area contributed by atoms with Crippen LogP contribution in [0.3, 0.4) is 0 Å². The Morgan fingerprint density at radius 3 is 2.55 bits per heavy atom. The van der Waals surface area contributed by atoms with Crippen LogP contribution in [0.2, 0.25) is 0 Å². The van der Waals surface area contributed by atoms with Gasteiger partial charge < -0.3 is 5.11 Å². The van der Waals surface area contributed by atoms with Gasteiger partial charge in [-0.25, -0.2) is 10.4 Å². The van der Waals surface area contributed by atoms with Crippen LogP contribution < -0.4 is 10.2 Å². The highest BCUT2D eigenvalue weighted by Crippen LogP contribution is 2.25. The van der Waals surface area contributed by atoms with Crippen molar-refractivity contribution in [3.05, 3.63) is 75.7 Å². The third-order valence-corrected chi connectivity index (χ3v) is 5.88. The van der Waals surface area contributed by atoms with Gasteiger partial charge in [-0.3, -0.25) is 9.56 Å². The fraction of sp³-hybridized carbons (Fsp3) is 0.0952. The molecule has 0 aliphatic rings. The topological polar surface area (TPSA) is 74.8 Å². The van der Waals surface area contributed by atoms with Gasteiger partial charge in [0.15, 0.2) is 0 Å². The third kappa shape index (κ3) is 4.44. The molecule has 0 bridgehead atoms. The largest absolute Gasteiger partial charge is 0.493 e. The molecule has 29 heavy (non-hydrogen) atoms. The fourth-order valence-electron chi connectivity index (χ4n) is 2.68. The van der Waals surface area contributed by atoms with E-state index in [0.717, 1.165) is 16.9 Å². The summed E-state index contributed by atoms with van der Waals surface area (Å²) in [7, 11) is 0. The van der Waals surface area contributed by atoms with Crippen molar-refractivity contribution >= 4 is 39.7 Å². The second kappa shape index (κ2) is 8.85. The first-order valence-corrected chi connectivity index (χ1v) is 10.8. The molecule has 0 aliphatic carbocycles. The Morgan fingerprint density at radius 2 is 1.83 bits per heavy atom. The van der Waals surface area contributed by atoms with Gasteiger partial charge in [-0.15, -0.1) is 16.4 Å². The van der Waals surface area contributed by atoms with E-state index >= 15 is 0 Å². The van der Waals surface area contributed by atoms with Crippen molar-refractivity contribution in [2.24, 2.45) is 10.1 Å². The Labute approximate surface area is 176 Å². The van der Waals surface area contributed by atoms with Crippen LogP contribution in [-0.2, 0) is 6.54 Å². The zero-order chi connectivity index (χ0) is 20.1. The standard InChI is InChI=1S/C21H19N5OS2/c1-2-26-19(27)18(13-22-16-11-7-4-8-12-16)29-21(26)25-24-20-23-17(14-28-20)15-9-5-3-6-10-15/h3-14,27H,2H2,1H3,(H,23,24). The predicted molar refractivity (Wildman–Crippen MR) is 120 cm³/mol. The average molecular weight is 422 g/mol. The number of aliphatic imine (C=N–C) groups is 1. The SMILES string of the molecule is CCn1c(O)c(C=Nc2ccccc2)sc1=NNc1nc(-c2ccccc2)cs1. The first-order valence-electron chi connectivity index (χ1n) is 9.07. The quantitative estimate of drug-likeness (QED) is 0.337. The highest BCUT2D eigenvalue weighted by molar-refractivity contribution is 7.14. The number of thiazole rings is 2. The van der Waals surface area contributed by atoms with E-state index in [4.69, 9.17) is 0 Å². The van der Waals surface area contributed by atoms with Gasteiger partial charge in [-0.2, -0.15) is 0 Å². The van der Waals surface area contributed by atoms with Gasteiger partial charge in [0.25, 0.3) is 0 Å². The Kier molecular flexibility index (Phi) is 5.83. The second-order valence-corrected chi connectivity index (χ2v) is 7.91. The molecule has 146 valence electrons. The van der Waals surface area contributed by atoms with Crippen molar-refractivity contribution in [3.63, 3.8) is 0 Å². The van der Waals surface area contributed by atoms with Crippen molar-refractivity contribution in [1.82, 2.24) is 9.55 Å². The fourth-order valence-corrected chi connectivity index (χ4v) is 4.27. The molecule has 0 spiro atoms. The molecule has 4 rings (SSSR count). The highest BCUT2D eigenvalue weighted by Gasteiger charge is 2.10. The summed E-state index contributed by atoms with van der Waals surface area (Å²) < 4.78 is 1.73. The highest BCUT2D eigenvalue weighted by atomic mass is 32.1. The zero-order valence-electron chi connectivity index (χ0n) is 15.7. The monoisotopic (exact) mass is 421 g/mol. The smallest absolute Gasteiger partial charge is 0.212 e. The molecule has 0 unspecified atom stereocenters. The predicted octanol–water partition coefficient (Wildman–Crippen LogP) is 5.08. The summed E-state index contributed by atoms with van der Waals surface area (Å²) in [5.74, 6) is 0.154. The van der Waals surface area contributed by atoms with Crippen LogP contribution in [0.4, 0.5) is 10.8 Å². The molecule has 0 amide bonds. The van der Waals surface area contributed by atoms with Crippen LogP contribution >= 0.6 is 22.7 Å². The Balaban J connectivity index is 1.57. The minimum Gasteiger partial charge on any atom is -0.493 e. The molecular weight excluding hydrogens is 402 g/mol. The minimum atomic E-state index is 0.154. The summed E-state index contributed by atoms with van der Waals surface area (Å²) in [6, 6.07) is 19.6. The molecular formula is C21H19N5OS2. The number of hydrogen-bond donors (Lipinski definition) is 2. The molecule has 0 saturated carbocycles. The number of benzene rings is 2. The Morgan fingerprint density at radius 1 is 1.10 bits per heavy atom. The van der Waals surface area contributed by atoms with Gasteiger partial charge >= 0.3 is 0 Å². The van der Waals surface area contributed by atoms with Gasteiger partial charge in [-0.1, -0.05) is 59.9 Å². The number of aromatic nitrogens is 2. The number of hydrogen-bond acceptors (Lipinski definition) is 7. The van der Waals surface area contributed by atoms with E-state index in [1.807, 2.05) is 73.0 Å². The van der Waals surface area contributed by atoms with Gasteiger partial charge in [-0.05, 0) is 19.1 Å². The number of nitrogens with one attached hydrogen (secondary N) is 1. The number of nitrogens with zero attached hydrogens (tertiary/aromatic N) is 4. The van der Waals surface area contributed by atoms with Crippen molar-refractivity contribution < 1.29 is 5.11 Å². The van der Waals surface area contributed by atoms with E-state index < -0.39 is 0 Å². The molecule has 0 fully saturated rings. The number of anilines is 1. The summed E-state index contributed by atoms with van der Waals surface area (Å²) in [6.45, 7) is 2.55. The van der Waals surface area contributed by atoms with Gasteiger partial charge in [0.05, 0.1) is 17.6 Å². The summed E-state index contributed by atoms with van der Waals surface area (Å²) in [4.78, 5) is 10.3. The molecule has 0 atom stereocenters. The molecule has 0 radical (unpaired) electrons. The molecule has 6 nitrogen and oxygen atoms in total.